The Morgan fingerprint density at radius 1 is 1.07 bits per heavy atom. The summed E-state index contributed by atoms with van der Waals surface area (Å²) in [6, 6.07) is 14.9. The first-order chi connectivity index (χ1) is 13.1. The van der Waals surface area contributed by atoms with Crippen LogP contribution in [0, 0.1) is 0 Å². The number of ether oxygens (including phenoxy) is 2. The first-order valence-corrected chi connectivity index (χ1v) is 9.69. The van der Waals surface area contributed by atoms with Gasteiger partial charge in [0.2, 0.25) is 0 Å². The summed E-state index contributed by atoms with van der Waals surface area (Å²) in [6.45, 7) is 6.61. The van der Waals surface area contributed by atoms with E-state index in [1.165, 1.54) is 11.8 Å². The van der Waals surface area contributed by atoms with Gasteiger partial charge in [-0.2, -0.15) is 0 Å². The highest BCUT2D eigenvalue weighted by Gasteiger charge is 2.33. The summed E-state index contributed by atoms with van der Waals surface area (Å²) < 4.78 is 11.4. The highest BCUT2D eigenvalue weighted by atomic mass is 32.2. The van der Waals surface area contributed by atoms with Crippen LogP contribution in [-0.2, 0) is 4.79 Å². The molecule has 1 saturated heterocycles. The molecule has 4 nitrogen and oxygen atoms in total. The van der Waals surface area contributed by atoms with Crippen molar-refractivity contribution in [1.82, 2.24) is 0 Å². The monoisotopic (exact) mass is 397 g/mol. The molecule has 6 heteroatoms. The Bertz CT molecular complexity index is 873. The van der Waals surface area contributed by atoms with Crippen LogP contribution in [0.5, 0.6) is 11.5 Å². The molecule has 0 aliphatic carbocycles. The predicted octanol–water partition coefficient (Wildman–Crippen LogP) is 5.06. The number of amides is 1. The minimum atomic E-state index is -0.124. The zero-order valence-electron chi connectivity index (χ0n) is 14.9. The maximum absolute atomic E-state index is 12.8. The number of carbonyl (C=O) groups is 1. The van der Waals surface area contributed by atoms with Crippen LogP contribution in [0.3, 0.4) is 0 Å². The Balaban J connectivity index is 1.76. The van der Waals surface area contributed by atoms with Gasteiger partial charge in [0.25, 0.3) is 5.91 Å². The second-order valence-electron chi connectivity index (χ2n) is 5.61. The fourth-order valence-corrected chi connectivity index (χ4v) is 3.81. The van der Waals surface area contributed by atoms with Gasteiger partial charge in [-0.05, 0) is 55.0 Å². The number of hydrogen-bond acceptors (Lipinski definition) is 5. The third-order valence-corrected chi connectivity index (χ3v) is 5.05. The van der Waals surface area contributed by atoms with Crippen LogP contribution >= 0.6 is 24.0 Å². The Hall–Kier alpha value is -2.57. The molecule has 1 fully saturated rings. The molecule has 0 saturated carbocycles. The highest BCUT2D eigenvalue weighted by Crippen LogP contribution is 2.36. The molecule has 1 heterocycles. The van der Waals surface area contributed by atoms with Crippen molar-refractivity contribution in [2.24, 2.45) is 0 Å². The van der Waals surface area contributed by atoms with E-state index in [2.05, 4.69) is 6.58 Å². The molecular formula is C21H19NO3S2. The summed E-state index contributed by atoms with van der Waals surface area (Å²) in [6.07, 6.45) is 3.53. The van der Waals surface area contributed by atoms with Gasteiger partial charge in [-0.1, -0.05) is 48.8 Å². The van der Waals surface area contributed by atoms with Crippen molar-refractivity contribution < 1.29 is 14.3 Å². The standard InChI is InChI=1S/C21H19NO3S2/c1-3-13-25-18-9-5-15(6-10-18)14-19-20(23)22(21(26)27-19)16-7-11-17(12-8-16)24-4-2/h3,5-12,14H,1,4,13H2,2H3. The van der Waals surface area contributed by atoms with Crippen LogP contribution in [-0.4, -0.2) is 23.4 Å². The zero-order chi connectivity index (χ0) is 19.2. The summed E-state index contributed by atoms with van der Waals surface area (Å²) in [5.41, 5.74) is 1.64. The summed E-state index contributed by atoms with van der Waals surface area (Å²) >= 11 is 6.71. The van der Waals surface area contributed by atoms with E-state index in [1.807, 2.05) is 61.5 Å². The maximum Gasteiger partial charge on any atom is 0.270 e. The molecule has 1 aliphatic rings. The van der Waals surface area contributed by atoms with E-state index in [0.717, 1.165) is 22.7 Å². The molecule has 138 valence electrons. The van der Waals surface area contributed by atoms with E-state index in [9.17, 15) is 4.79 Å². The van der Waals surface area contributed by atoms with Crippen molar-refractivity contribution in [1.29, 1.82) is 0 Å². The van der Waals surface area contributed by atoms with Crippen LogP contribution in [0.2, 0.25) is 0 Å². The first-order valence-electron chi connectivity index (χ1n) is 8.47. The molecule has 0 bridgehead atoms. The molecule has 1 aliphatic heterocycles. The van der Waals surface area contributed by atoms with E-state index in [4.69, 9.17) is 21.7 Å². The molecule has 0 unspecified atom stereocenters. The van der Waals surface area contributed by atoms with Gasteiger partial charge in [0, 0.05) is 0 Å². The molecule has 3 rings (SSSR count). The van der Waals surface area contributed by atoms with Crippen molar-refractivity contribution in [2.45, 2.75) is 6.92 Å². The van der Waals surface area contributed by atoms with Gasteiger partial charge in [0.15, 0.2) is 4.32 Å². The fourth-order valence-electron chi connectivity index (χ4n) is 2.52. The number of anilines is 1. The SMILES string of the molecule is C=CCOc1ccc(C=C2SC(=S)N(c3ccc(OCC)cc3)C2=O)cc1. The van der Waals surface area contributed by atoms with Crippen LogP contribution < -0.4 is 14.4 Å². The highest BCUT2D eigenvalue weighted by molar-refractivity contribution is 8.27. The van der Waals surface area contributed by atoms with Crippen molar-refractivity contribution in [2.75, 3.05) is 18.1 Å². The minimum absolute atomic E-state index is 0.124. The molecule has 2 aromatic rings. The lowest BCUT2D eigenvalue weighted by molar-refractivity contribution is -0.113. The second kappa shape index (κ2) is 8.88. The van der Waals surface area contributed by atoms with Gasteiger partial charge in [0.05, 0.1) is 17.2 Å². The Morgan fingerprint density at radius 3 is 2.33 bits per heavy atom. The van der Waals surface area contributed by atoms with Gasteiger partial charge in [0.1, 0.15) is 18.1 Å². The average molecular weight is 398 g/mol. The summed E-state index contributed by atoms with van der Waals surface area (Å²) in [7, 11) is 0. The lowest BCUT2D eigenvalue weighted by atomic mass is 10.2. The number of thioether (sulfide) groups is 1. The molecule has 0 aromatic heterocycles. The largest absolute Gasteiger partial charge is 0.494 e. The van der Waals surface area contributed by atoms with Crippen LogP contribution in [0.4, 0.5) is 5.69 Å². The van der Waals surface area contributed by atoms with E-state index in [1.54, 1.807) is 11.0 Å². The van der Waals surface area contributed by atoms with Crippen molar-refractivity contribution in [3.8, 4) is 11.5 Å². The molecule has 0 N–H and O–H groups in total. The molecule has 0 atom stereocenters. The lowest BCUT2D eigenvalue weighted by Crippen LogP contribution is -2.27. The minimum Gasteiger partial charge on any atom is -0.494 e. The van der Waals surface area contributed by atoms with E-state index < -0.39 is 0 Å². The number of hydrogen-bond donors (Lipinski definition) is 0. The van der Waals surface area contributed by atoms with Gasteiger partial charge >= 0.3 is 0 Å². The number of thiocarbonyl (C=S) groups is 1. The molecule has 0 spiro atoms. The molecular weight excluding hydrogens is 378 g/mol. The predicted molar refractivity (Wildman–Crippen MR) is 115 cm³/mol. The second-order valence-corrected chi connectivity index (χ2v) is 7.29. The van der Waals surface area contributed by atoms with E-state index in [-0.39, 0.29) is 5.91 Å². The van der Waals surface area contributed by atoms with Crippen molar-refractivity contribution >= 4 is 46.0 Å². The molecule has 27 heavy (non-hydrogen) atoms. The maximum atomic E-state index is 12.8. The third kappa shape index (κ3) is 4.59. The van der Waals surface area contributed by atoms with Gasteiger partial charge in [-0.15, -0.1) is 0 Å². The quantitative estimate of drug-likeness (QED) is 0.371. The molecule has 0 radical (unpaired) electrons. The first kappa shape index (κ1) is 19.2. The van der Waals surface area contributed by atoms with E-state index >= 15 is 0 Å². The molecule has 1 amide bonds. The van der Waals surface area contributed by atoms with Crippen LogP contribution in [0.25, 0.3) is 6.08 Å². The average Bonchev–Trinajstić information content (AvgIpc) is 2.95. The van der Waals surface area contributed by atoms with E-state index in [0.29, 0.717) is 22.4 Å². The number of rotatable bonds is 7. The number of benzene rings is 2. The van der Waals surface area contributed by atoms with Crippen LogP contribution in [0.1, 0.15) is 12.5 Å². The Morgan fingerprint density at radius 2 is 1.70 bits per heavy atom. The van der Waals surface area contributed by atoms with Gasteiger partial charge in [-0.3, -0.25) is 9.69 Å². The summed E-state index contributed by atoms with van der Waals surface area (Å²) in [5, 5.41) is 0. The van der Waals surface area contributed by atoms with Gasteiger partial charge in [-0.25, -0.2) is 0 Å². The smallest absolute Gasteiger partial charge is 0.270 e. The summed E-state index contributed by atoms with van der Waals surface area (Å²) in [4.78, 5) is 15.0. The van der Waals surface area contributed by atoms with Crippen LogP contribution in [0.15, 0.2) is 66.1 Å². The molecule has 2 aromatic carbocycles. The fraction of sp³-hybridized carbons (Fsp3) is 0.143. The Labute approximate surface area is 168 Å². The van der Waals surface area contributed by atoms with Gasteiger partial charge < -0.3 is 9.47 Å². The third-order valence-electron chi connectivity index (χ3n) is 3.75. The summed E-state index contributed by atoms with van der Waals surface area (Å²) in [5.74, 6) is 1.40. The van der Waals surface area contributed by atoms with Crippen molar-refractivity contribution in [3.63, 3.8) is 0 Å². The number of carbonyl (C=O) groups excluding carboxylic acids is 1. The lowest BCUT2D eigenvalue weighted by Gasteiger charge is -2.15. The van der Waals surface area contributed by atoms with Crippen molar-refractivity contribution in [3.05, 3.63) is 71.7 Å². The Kier molecular flexibility index (Phi) is 6.32. The topological polar surface area (TPSA) is 38.8 Å². The number of nitrogens with zero attached hydrogens (tertiary/aromatic N) is 1. The zero-order valence-corrected chi connectivity index (χ0v) is 16.5. The normalized spacial score (nSPS) is 15.3.